The van der Waals surface area contributed by atoms with Crippen molar-refractivity contribution in [2.75, 3.05) is 0 Å². The lowest BCUT2D eigenvalue weighted by Gasteiger charge is -2.51. The fourth-order valence-electron chi connectivity index (χ4n) is 4.23. The lowest BCUT2D eigenvalue weighted by Crippen LogP contribution is -2.69. The molecule has 0 spiro atoms. The number of rotatable bonds is 2. The summed E-state index contributed by atoms with van der Waals surface area (Å²) in [5.41, 5.74) is 0. The Morgan fingerprint density at radius 3 is 2.41 bits per heavy atom. The Balaban J connectivity index is 1.72. The van der Waals surface area contributed by atoms with Gasteiger partial charge in [-0.1, -0.05) is 20.8 Å². The molecule has 27 heavy (non-hydrogen) atoms. The number of nitrogens with one attached hydrogen (secondary N) is 1. The van der Waals surface area contributed by atoms with Gasteiger partial charge in [-0.05, 0) is 32.0 Å². The number of fused-ring (bicyclic) bond motifs is 7. The third kappa shape index (κ3) is 2.95. The van der Waals surface area contributed by atoms with Crippen molar-refractivity contribution in [2.45, 2.75) is 102 Å². The van der Waals surface area contributed by atoms with Crippen LogP contribution < -0.4 is 5.32 Å². The molecule has 4 fully saturated rings. The Morgan fingerprint density at radius 2 is 1.78 bits per heavy atom. The SMILES string of the molecule is CC1(C)O[C@@H]2[C@@H]3O[C@H]([C@@H]2O1)N1C(=O)NC(=O)C[C@H]1[C@@H]3O[Si](C)(C)C(C)(C)C. The molecule has 0 aromatic rings. The summed E-state index contributed by atoms with van der Waals surface area (Å²) in [6, 6.07) is -0.817. The second-order valence-corrected chi connectivity index (χ2v) is 14.7. The highest BCUT2D eigenvalue weighted by Gasteiger charge is 2.67. The molecule has 2 bridgehead atoms. The van der Waals surface area contributed by atoms with E-state index >= 15 is 0 Å². The Morgan fingerprint density at radius 1 is 1.15 bits per heavy atom. The van der Waals surface area contributed by atoms with Gasteiger partial charge in [0.1, 0.15) is 18.3 Å². The van der Waals surface area contributed by atoms with E-state index in [1.807, 2.05) is 13.8 Å². The summed E-state index contributed by atoms with van der Waals surface area (Å²) in [6.45, 7) is 14.5. The molecule has 4 aliphatic rings. The second-order valence-electron chi connectivity index (χ2n) is 9.93. The number of amides is 3. The van der Waals surface area contributed by atoms with Crippen molar-refractivity contribution in [3.8, 4) is 0 Å². The minimum atomic E-state index is -2.18. The molecule has 0 aromatic carbocycles. The molecule has 0 aromatic heterocycles. The molecule has 3 amide bonds. The monoisotopic (exact) mass is 398 g/mol. The zero-order chi connectivity index (χ0) is 19.9. The van der Waals surface area contributed by atoms with Crippen LogP contribution in [0, 0.1) is 0 Å². The average Bonchev–Trinajstić information content (AvgIpc) is 2.94. The van der Waals surface area contributed by atoms with Crippen LogP contribution in [0.2, 0.25) is 18.1 Å². The number of nitrogens with zero attached hydrogens (tertiary/aromatic N) is 1. The van der Waals surface area contributed by atoms with Gasteiger partial charge in [-0.15, -0.1) is 0 Å². The first kappa shape index (κ1) is 19.3. The zero-order valence-electron chi connectivity index (χ0n) is 17.1. The largest absolute Gasteiger partial charge is 0.409 e. The lowest BCUT2D eigenvalue weighted by molar-refractivity contribution is -0.241. The molecule has 152 valence electrons. The van der Waals surface area contributed by atoms with Gasteiger partial charge >= 0.3 is 6.03 Å². The minimum Gasteiger partial charge on any atom is -0.409 e. The summed E-state index contributed by atoms with van der Waals surface area (Å²) in [4.78, 5) is 26.4. The third-order valence-electron chi connectivity index (χ3n) is 6.51. The molecule has 8 nitrogen and oxygen atoms in total. The smallest absolute Gasteiger partial charge is 0.326 e. The van der Waals surface area contributed by atoms with Gasteiger partial charge in [0.05, 0.1) is 18.6 Å². The van der Waals surface area contributed by atoms with Crippen molar-refractivity contribution in [3.63, 3.8) is 0 Å². The van der Waals surface area contributed by atoms with Crippen LogP contribution in [-0.2, 0) is 23.4 Å². The first-order chi connectivity index (χ1) is 12.3. The van der Waals surface area contributed by atoms with Gasteiger partial charge in [0.15, 0.2) is 20.3 Å². The van der Waals surface area contributed by atoms with Gasteiger partial charge in [0.2, 0.25) is 5.91 Å². The van der Waals surface area contributed by atoms with Crippen molar-refractivity contribution >= 4 is 20.3 Å². The summed E-state index contributed by atoms with van der Waals surface area (Å²) in [6.07, 6.45) is -1.88. The summed E-state index contributed by atoms with van der Waals surface area (Å²) in [5, 5.41) is 2.39. The Hall–Kier alpha value is -1.00. The lowest BCUT2D eigenvalue weighted by atomic mass is 9.97. The van der Waals surface area contributed by atoms with Crippen LogP contribution >= 0.6 is 0 Å². The summed E-state index contributed by atoms with van der Waals surface area (Å²) < 4.78 is 25.1. The molecule has 4 rings (SSSR count). The van der Waals surface area contributed by atoms with Crippen molar-refractivity contribution < 1.29 is 28.2 Å². The number of urea groups is 1. The van der Waals surface area contributed by atoms with E-state index in [1.54, 1.807) is 4.90 Å². The molecule has 6 atom stereocenters. The van der Waals surface area contributed by atoms with Gasteiger partial charge in [-0.3, -0.25) is 15.0 Å². The van der Waals surface area contributed by atoms with Crippen LogP contribution in [0.5, 0.6) is 0 Å². The summed E-state index contributed by atoms with van der Waals surface area (Å²) in [5.74, 6) is -1.02. The van der Waals surface area contributed by atoms with Crippen molar-refractivity contribution in [2.24, 2.45) is 0 Å². The molecular weight excluding hydrogens is 368 g/mol. The van der Waals surface area contributed by atoms with E-state index in [-0.39, 0.29) is 41.7 Å². The van der Waals surface area contributed by atoms with Gasteiger partial charge in [-0.25, -0.2) is 4.79 Å². The molecule has 0 aliphatic carbocycles. The van der Waals surface area contributed by atoms with Crippen molar-refractivity contribution in [1.82, 2.24) is 10.2 Å². The fourth-order valence-corrected chi connectivity index (χ4v) is 5.56. The zero-order valence-corrected chi connectivity index (χ0v) is 18.1. The quantitative estimate of drug-likeness (QED) is 0.716. The maximum absolute atomic E-state index is 12.7. The maximum Gasteiger partial charge on any atom is 0.326 e. The first-order valence-electron chi connectivity index (χ1n) is 9.62. The first-order valence-corrected chi connectivity index (χ1v) is 12.5. The van der Waals surface area contributed by atoms with Gasteiger partial charge in [0, 0.05) is 0 Å². The Labute approximate surface area is 161 Å². The van der Waals surface area contributed by atoms with Crippen LogP contribution in [0.4, 0.5) is 4.79 Å². The van der Waals surface area contributed by atoms with Crippen molar-refractivity contribution in [1.29, 1.82) is 0 Å². The predicted octanol–water partition coefficient (Wildman–Crippen LogP) is 1.95. The van der Waals surface area contributed by atoms with E-state index in [1.165, 1.54) is 0 Å². The highest BCUT2D eigenvalue weighted by Crippen LogP contribution is 2.49. The molecule has 9 heteroatoms. The van der Waals surface area contributed by atoms with Crippen LogP contribution in [0.15, 0.2) is 0 Å². The summed E-state index contributed by atoms with van der Waals surface area (Å²) >= 11 is 0. The van der Waals surface area contributed by atoms with Gasteiger partial charge < -0.3 is 18.6 Å². The molecule has 4 aliphatic heterocycles. The topological polar surface area (TPSA) is 86.3 Å². The average molecular weight is 399 g/mol. The van der Waals surface area contributed by atoms with Crippen LogP contribution in [0.25, 0.3) is 0 Å². The number of imide groups is 1. The minimum absolute atomic E-state index is 0.0140. The maximum atomic E-state index is 12.7. The highest BCUT2D eigenvalue weighted by atomic mass is 28.4. The molecule has 1 N–H and O–H groups in total. The molecule has 4 saturated heterocycles. The molecular formula is C18H30N2O6Si. The van der Waals surface area contributed by atoms with E-state index in [0.717, 1.165) is 0 Å². The van der Waals surface area contributed by atoms with Crippen LogP contribution in [0.3, 0.4) is 0 Å². The number of carbonyl (C=O) groups excluding carboxylic acids is 2. The van der Waals surface area contributed by atoms with E-state index in [0.29, 0.717) is 0 Å². The molecule has 0 saturated carbocycles. The number of carbonyl (C=O) groups is 2. The predicted molar refractivity (Wildman–Crippen MR) is 98.3 cm³/mol. The van der Waals surface area contributed by atoms with Gasteiger partial charge in [0.25, 0.3) is 0 Å². The van der Waals surface area contributed by atoms with Crippen LogP contribution in [0.1, 0.15) is 41.0 Å². The Kier molecular flexibility index (Phi) is 4.12. The Bertz CT molecular complexity index is 675. The van der Waals surface area contributed by atoms with Gasteiger partial charge in [-0.2, -0.15) is 0 Å². The number of hydrogen-bond donors (Lipinski definition) is 1. The molecule has 0 unspecified atom stereocenters. The number of ether oxygens (including phenoxy) is 3. The van der Waals surface area contributed by atoms with E-state index in [9.17, 15) is 9.59 Å². The van der Waals surface area contributed by atoms with Crippen molar-refractivity contribution in [3.05, 3.63) is 0 Å². The van der Waals surface area contributed by atoms with E-state index in [2.05, 4.69) is 39.2 Å². The highest BCUT2D eigenvalue weighted by molar-refractivity contribution is 6.74. The fraction of sp³-hybridized carbons (Fsp3) is 0.889. The van der Waals surface area contributed by atoms with Crippen LogP contribution in [-0.4, -0.2) is 67.6 Å². The number of hydrogen-bond acceptors (Lipinski definition) is 6. The molecule has 0 radical (unpaired) electrons. The standard InChI is InChI=1S/C18H30N2O6Si/c1-17(2,3)27(6,7)26-11-9-8-10(21)19-16(22)20(9)15-14-13(12(11)23-15)24-18(4,5)25-14/h9,11-15H,8H2,1-7H3,(H,19,21,22)/t9-,11-,12+,13+,14+,15+/m0/s1. The summed E-state index contributed by atoms with van der Waals surface area (Å²) in [7, 11) is -2.18. The second kappa shape index (κ2) is 5.76. The van der Waals surface area contributed by atoms with E-state index < -0.39 is 32.5 Å². The normalized spacial score (nSPS) is 40.6. The van der Waals surface area contributed by atoms with E-state index in [4.69, 9.17) is 18.6 Å². The third-order valence-corrected chi connectivity index (χ3v) is 11.0. The molecule has 4 heterocycles.